The summed E-state index contributed by atoms with van der Waals surface area (Å²) in [6.07, 6.45) is 4.40. The number of hydrogen-bond donors (Lipinski definition) is 1. The highest BCUT2D eigenvalue weighted by molar-refractivity contribution is 6.34. The maximum Gasteiger partial charge on any atom is 0.270 e. The number of nitrogens with one attached hydrogen (secondary N) is 1. The molecule has 7 nitrogen and oxygen atoms in total. The molecule has 1 aromatic heterocycles. The summed E-state index contributed by atoms with van der Waals surface area (Å²) in [5.41, 5.74) is 0.933. The van der Waals surface area contributed by atoms with Crippen molar-refractivity contribution < 1.29 is 9.72 Å². The molecule has 1 unspecified atom stereocenters. The fourth-order valence-electron chi connectivity index (χ4n) is 3.29. The number of nitrogens with zero attached hydrogens (tertiary/aromatic N) is 3. The number of amides is 1. The van der Waals surface area contributed by atoms with Gasteiger partial charge in [-0.3, -0.25) is 19.9 Å². The van der Waals surface area contributed by atoms with Crippen LogP contribution >= 0.6 is 24.0 Å². The lowest BCUT2D eigenvalue weighted by Gasteiger charge is -2.31. The van der Waals surface area contributed by atoms with Crippen LogP contribution in [0.3, 0.4) is 0 Å². The number of benzene rings is 1. The summed E-state index contributed by atoms with van der Waals surface area (Å²) in [5.74, 6) is -0.229. The van der Waals surface area contributed by atoms with E-state index in [0.29, 0.717) is 6.54 Å². The van der Waals surface area contributed by atoms with E-state index in [1.165, 1.54) is 18.2 Å². The molecule has 2 aromatic rings. The Kier molecular flexibility index (Phi) is 8.17. The largest absolute Gasteiger partial charge is 0.330 e. The van der Waals surface area contributed by atoms with Crippen LogP contribution in [0.25, 0.3) is 0 Å². The van der Waals surface area contributed by atoms with Crippen molar-refractivity contribution in [2.75, 3.05) is 13.1 Å². The Hall–Kier alpha value is -2.22. The molecule has 28 heavy (non-hydrogen) atoms. The summed E-state index contributed by atoms with van der Waals surface area (Å²) < 4.78 is 0. The van der Waals surface area contributed by atoms with E-state index in [-0.39, 0.29) is 40.6 Å². The lowest BCUT2D eigenvalue weighted by molar-refractivity contribution is -0.384. The van der Waals surface area contributed by atoms with Gasteiger partial charge in [0.1, 0.15) is 0 Å². The van der Waals surface area contributed by atoms with Gasteiger partial charge in [-0.25, -0.2) is 0 Å². The van der Waals surface area contributed by atoms with Crippen LogP contribution in [0.5, 0.6) is 0 Å². The molecule has 9 heteroatoms. The second kappa shape index (κ2) is 10.4. The second-order valence-electron chi connectivity index (χ2n) is 6.51. The number of pyridine rings is 1. The molecule has 1 N–H and O–H groups in total. The molecule has 1 amide bonds. The Balaban J connectivity index is 0.00000280. The Morgan fingerprint density at radius 2 is 2.11 bits per heavy atom. The minimum atomic E-state index is -0.525. The minimum Gasteiger partial charge on any atom is -0.330 e. The van der Waals surface area contributed by atoms with Gasteiger partial charge in [0.05, 0.1) is 27.7 Å². The van der Waals surface area contributed by atoms with Gasteiger partial charge in [0.2, 0.25) is 0 Å². The molecule has 1 aliphatic rings. The third kappa shape index (κ3) is 5.41. The number of carbonyl (C=O) groups excluding carboxylic acids is 1. The van der Waals surface area contributed by atoms with Gasteiger partial charge in [-0.15, -0.1) is 12.4 Å². The highest BCUT2D eigenvalue weighted by Crippen LogP contribution is 2.26. The van der Waals surface area contributed by atoms with Gasteiger partial charge in [0.15, 0.2) is 0 Å². The van der Waals surface area contributed by atoms with Crippen LogP contribution < -0.4 is 5.32 Å². The van der Waals surface area contributed by atoms with Crippen molar-refractivity contribution in [1.29, 1.82) is 0 Å². The zero-order chi connectivity index (χ0) is 19.2. The lowest BCUT2D eigenvalue weighted by atomic mass is 10.0. The first kappa shape index (κ1) is 22.1. The van der Waals surface area contributed by atoms with Crippen molar-refractivity contribution >= 4 is 35.6 Å². The first-order valence-corrected chi connectivity index (χ1v) is 9.29. The van der Waals surface area contributed by atoms with Crippen LogP contribution in [0.15, 0.2) is 42.6 Å². The Morgan fingerprint density at radius 3 is 2.79 bits per heavy atom. The van der Waals surface area contributed by atoms with Gasteiger partial charge < -0.3 is 10.2 Å². The number of halogens is 2. The molecule has 0 saturated carbocycles. The quantitative estimate of drug-likeness (QED) is 0.581. The number of carbonyl (C=O) groups is 1. The van der Waals surface area contributed by atoms with Gasteiger partial charge in [-0.05, 0) is 50.6 Å². The van der Waals surface area contributed by atoms with Gasteiger partial charge >= 0.3 is 0 Å². The number of aromatic nitrogens is 1. The third-order valence-corrected chi connectivity index (χ3v) is 5.01. The highest BCUT2D eigenvalue weighted by atomic mass is 35.5. The number of nitro groups is 1. The topological polar surface area (TPSA) is 88.4 Å². The van der Waals surface area contributed by atoms with E-state index in [9.17, 15) is 14.9 Å². The van der Waals surface area contributed by atoms with E-state index in [2.05, 4.69) is 10.3 Å². The van der Waals surface area contributed by atoms with Gasteiger partial charge in [0, 0.05) is 24.4 Å². The lowest BCUT2D eigenvalue weighted by Crippen LogP contribution is -2.40. The van der Waals surface area contributed by atoms with Crippen LogP contribution in [0, 0.1) is 10.1 Å². The molecule has 150 valence electrons. The predicted molar refractivity (Wildman–Crippen MR) is 110 cm³/mol. The molecule has 1 aromatic carbocycles. The Bertz CT molecular complexity index is 812. The normalized spacial score (nSPS) is 16.5. The van der Waals surface area contributed by atoms with Crippen LogP contribution in [0.2, 0.25) is 5.02 Å². The monoisotopic (exact) mass is 424 g/mol. The molecular weight excluding hydrogens is 403 g/mol. The number of rotatable bonds is 5. The predicted octanol–water partition coefficient (Wildman–Crippen LogP) is 3.85. The van der Waals surface area contributed by atoms with E-state index < -0.39 is 4.92 Å². The summed E-state index contributed by atoms with van der Waals surface area (Å²) >= 11 is 6.21. The molecule has 1 fully saturated rings. The molecule has 1 saturated heterocycles. The van der Waals surface area contributed by atoms with Crippen molar-refractivity contribution in [2.24, 2.45) is 0 Å². The zero-order valence-electron chi connectivity index (χ0n) is 15.2. The van der Waals surface area contributed by atoms with E-state index in [1.807, 2.05) is 18.2 Å². The third-order valence-electron chi connectivity index (χ3n) is 4.70. The Labute approximate surface area is 174 Å². The smallest absolute Gasteiger partial charge is 0.270 e. The molecule has 1 aliphatic heterocycles. The number of hydrogen-bond acceptors (Lipinski definition) is 5. The van der Waals surface area contributed by atoms with Crippen molar-refractivity contribution in [3.63, 3.8) is 0 Å². The maximum atomic E-state index is 13.3. The molecule has 1 atom stereocenters. The average Bonchev–Trinajstić information content (AvgIpc) is 2.95. The van der Waals surface area contributed by atoms with Crippen LogP contribution in [0.4, 0.5) is 5.69 Å². The maximum absolute atomic E-state index is 13.3. The van der Waals surface area contributed by atoms with E-state index in [4.69, 9.17) is 11.6 Å². The molecule has 0 radical (unpaired) electrons. The average molecular weight is 425 g/mol. The van der Waals surface area contributed by atoms with Gasteiger partial charge in [-0.1, -0.05) is 17.7 Å². The molecular formula is C19H22Cl2N4O3. The fraction of sp³-hybridized carbons (Fsp3) is 0.368. The zero-order valence-corrected chi connectivity index (χ0v) is 16.8. The molecule has 0 aliphatic carbocycles. The van der Waals surface area contributed by atoms with Gasteiger partial charge in [-0.2, -0.15) is 0 Å². The van der Waals surface area contributed by atoms with E-state index >= 15 is 0 Å². The van der Waals surface area contributed by atoms with E-state index in [0.717, 1.165) is 38.0 Å². The van der Waals surface area contributed by atoms with E-state index in [1.54, 1.807) is 11.1 Å². The van der Waals surface area contributed by atoms with Crippen LogP contribution in [0.1, 0.15) is 35.3 Å². The van der Waals surface area contributed by atoms with Crippen molar-refractivity contribution in [3.8, 4) is 0 Å². The van der Waals surface area contributed by atoms with Crippen molar-refractivity contribution in [3.05, 3.63) is 69.0 Å². The summed E-state index contributed by atoms with van der Waals surface area (Å²) in [7, 11) is 0. The van der Waals surface area contributed by atoms with Gasteiger partial charge in [0.25, 0.3) is 11.6 Å². The summed E-state index contributed by atoms with van der Waals surface area (Å²) in [4.78, 5) is 29.8. The number of non-ortho nitro benzene ring substituents is 1. The standard InChI is InChI=1S/C19H21ClN4O3.ClH/c20-18-12-16(24(26)27)6-7-17(18)19(25)23(13-14-4-1-2-10-22-14)15-5-3-9-21-11-8-15;/h1-2,4,6-7,10,12,15,21H,3,5,8-9,11,13H2;1H. The molecule has 2 heterocycles. The molecule has 0 spiro atoms. The summed E-state index contributed by atoms with van der Waals surface area (Å²) in [5, 5.41) is 14.4. The minimum absolute atomic E-state index is 0. The van der Waals surface area contributed by atoms with Crippen LogP contribution in [-0.2, 0) is 6.54 Å². The van der Waals surface area contributed by atoms with Crippen molar-refractivity contribution in [2.45, 2.75) is 31.8 Å². The fourth-order valence-corrected chi connectivity index (χ4v) is 3.55. The van der Waals surface area contributed by atoms with Crippen LogP contribution in [-0.4, -0.2) is 39.8 Å². The SMILES string of the molecule is Cl.O=C(c1ccc([N+](=O)[O-])cc1Cl)N(Cc1ccccn1)C1CCCNCC1. The second-order valence-corrected chi connectivity index (χ2v) is 6.92. The highest BCUT2D eigenvalue weighted by Gasteiger charge is 2.28. The first-order valence-electron chi connectivity index (χ1n) is 8.92. The molecule has 0 bridgehead atoms. The summed E-state index contributed by atoms with van der Waals surface area (Å²) in [6.45, 7) is 2.14. The van der Waals surface area contributed by atoms with Crippen molar-refractivity contribution in [1.82, 2.24) is 15.2 Å². The first-order chi connectivity index (χ1) is 13.1. The summed E-state index contributed by atoms with van der Waals surface area (Å²) in [6, 6.07) is 9.63. The molecule has 3 rings (SSSR count). The Morgan fingerprint density at radius 1 is 1.29 bits per heavy atom. The number of nitro benzene ring substituents is 1.